The first-order valence-corrected chi connectivity index (χ1v) is 9.52. The molecule has 0 radical (unpaired) electrons. The van der Waals surface area contributed by atoms with Crippen LogP contribution in [0.15, 0.2) is 73.2 Å². The van der Waals surface area contributed by atoms with Crippen molar-refractivity contribution in [3.8, 4) is 22.0 Å². The summed E-state index contributed by atoms with van der Waals surface area (Å²) in [6.07, 6.45) is 5.23. The van der Waals surface area contributed by atoms with E-state index in [2.05, 4.69) is 15.4 Å². The van der Waals surface area contributed by atoms with Crippen molar-refractivity contribution >= 4 is 17.2 Å². The number of ether oxygens (including phenoxy) is 1. The summed E-state index contributed by atoms with van der Waals surface area (Å²) >= 11 is 1.42. The molecule has 1 N–H and O–H groups in total. The summed E-state index contributed by atoms with van der Waals surface area (Å²) in [6.45, 7) is 0.386. The number of carbonyl (C=O) groups is 1. The van der Waals surface area contributed by atoms with Crippen molar-refractivity contribution in [1.82, 2.24) is 20.1 Å². The molecule has 0 atom stereocenters. The molecule has 0 unspecified atom stereocenters. The van der Waals surface area contributed by atoms with E-state index in [1.54, 1.807) is 24.2 Å². The highest BCUT2D eigenvalue weighted by atomic mass is 32.1. The SMILES string of the molecule is COc1cc(-c2ccccc2)sc1C(=O)NCc1ccnc(-n2cccn2)c1. The van der Waals surface area contributed by atoms with Crippen LogP contribution in [0.1, 0.15) is 15.2 Å². The van der Waals surface area contributed by atoms with Gasteiger partial charge in [-0.2, -0.15) is 5.10 Å². The Morgan fingerprint density at radius 1 is 1.14 bits per heavy atom. The summed E-state index contributed by atoms with van der Waals surface area (Å²) in [7, 11) is 1.58. The van der Waals surface area contributed by atoms with Crippen LogP contribution in [0.3, 0.4) is 0 Å². The third-order valence-electron chi connectivity index (χ3n) is 4.18. The normalized spacial score (nSPS) is 10.6. The fraction of sp³-hybridized carbons (Fsp3) is 0.0952. The number of nitrogens with one attached hydrogen (secondary N) is 1. The minimum atomic E-state index is -0.165. The van der Waals surface area contributed by atoms with E-state index >= 15 is 0 Å². The number of amides is 1. The monoisotopic (exact) mass is 390 g/mol. The van der Waals surface area contributed by atoms with Gasteiger partial charge in [0.2, 0.25) is 0 Å². The quantitative estimate of drug-likeness (QED) is 0.542. The number of thiophene rings is 1. The van der Waals surface area contributed by atoms with E-state index < -0.39 is 0 Å². The number of rotatable bonds is 6. The number of carbonyl (C=O) groups excluding carboxylic acids is 1. The van der Waals surface area contributed by atoms with Crippen molar-refractivity contribution in [3.05, 3.63) is 83.6 Å². The number of hydrogen-bond acceptors (Lipinski definition) is 5. The molecule has 6 nitrogen and oxygen atoms in total. The summed E-state index contributed by atoms with van der Waals surface area (Å²) in [5, 5.41) is 7.14. The molecular weight excluding hydrogens is 372 g/mol. The van der Waals surface area contributed by atoms with Crippen molar-refractivity contribution in [2.75, 3.05) is 7.11 Å². The fourth-order valence-electron chi connectivity index (χ4n) is 2.79. The molecule has 4 aromatic rings. The molecule has 0 aliphatic rings. The molecule has 0 saturated carbocycles. The lowest BCUT2D eigenvalue weighted by molar-refractivity contribution is 0.0952. The van der Waals surface area contributed by atoms with Crippen molar-refractivity contribution in [2.45, 2.75) is 6.54 Å². The van der Waals surface area contributed by atoms with E-state index in [0.717, 1.165) is 16.0 Å². The van der Waals surface area contributed by atoms with Gasteiger partial charge < -0.3 is 10.1 Å². The maximum Gasteiger partial charge on any atom is 0.265 e. The molecule has 0 bridgehead atoms. The average molecular weight is 390 g/mol. The van der Waals surface area contributed by atoms with Gasteiger partial charge >= 0.3 is 0 Å². The first kappa shape index (κ1) is 17.9. The first-order chi connectivity index (χ1) is 13.7. The molecule has 4 rings (SSSR count). The molecule has 140 valence electrons. The molecular formula is C21H18N4O2S. The van der Waals surface area contributed by atoms with Crippen molar-refractivity contribution in [1.29, 1.82) is 0 Å². The molecule has 0 saturated heterocycles. The topological polar surface area (TPSA) is 69.0 Å². The van der Waals surface area contributed by atoms with E-state index in [1.165, 1.54) is 11.3 Å². The van der Waals surface area contributed by atoms with Crippen LogP contribution < -0.4 is 10.1 Å². The van der Waals surface area contributed by atoms with Gasteiger partial charge in [0.25, 0.3) is 5.91 Å². The molecule has 3 heterocycles. The second-order valence-electron chi connectivity index (χ2n) is 6.03. The Bertz CT molecular complexity index is 1080. The Balaban J connectivity index is 1.50. The molecule has 28 heavy (non-hydrogen) atoms. The number of benzene rings is 1. The van der Waals surface area contributed by atoms with E-state index in [0.29, 0.717) is 23.0 Å². The number of pyridine rings is 1. The van der Waals surface area contributed by atoms with Gasteiger partial charge in [-0.1, -0.05) is 30.3 Å². The Labute approximate surface area is 166 Å². The van der Waals surface area contributed by atoms with Crippen LogP contribution in [0.2, 0.25) is 0 Å². The van der Waals surface area contributed by atoms with E-state index in [9.17, 15) is 4.79 Å². The maximum atomic E-state index is 12.7. The highest BCUT2D eigenvalue weighted by Gasteiger charge is 2.18. The smallest absolute Gasteiger partial charge is 0.265 e. The third kappa shape index (κ3) is 3.79. The predicted molar refractivity (Wildman–Crippen MR) is 109 cm³/mol. The number of methoxy groups -OCH3 is 1. The summed E-state index contributed by atoms with van der Waals surface area (Å²) in [5.41, 5.74) is 2.00. The molecule has 0 aliphatic carbocycles. The molecule has 7 heteroatoms. The van der Waals surface area contributed by atoms with Gasteiger partial charge in [0.1, 0.15) is 10.6 Å². The largest absolute Gasteiger partial charge is 0.495 e. The predicted octanol–water partition coefficient (Wildman–Crippen LogP) is 3.93. The Morgan fingerprint density at radius 3 is 2.75 bits per heavy atom. The molecule has 0 spiro atoms. The Morgan fingerprint density at radius 2 is 2.00 bits per heavy atom. The van der Waals surface area contributed by atoms with E-state index in [4.69, 9.17) is 4.74 Å². The summed E-state index contributed by atoms with van der Waals surface area (Å²) in [6, 6.07) is 17.4. The van der Waals surface area contributed by atoms with Crippen LogP contribution in [-0.2, 0) is 6.54 Å². The lowest BCUT2D eigenvalue weighted by atomic mass is 10.2. The van der Waals surface area contributed by atoms with Gasteiger partial charge in [0.05, 0.1) is 7.11 Å². The average Bonchev–Trinajstić information content (AvgIpc) is 3.43. The highest BCUT2D eigenvalue weighted by molar-refractivity contribution is 7.17. The third-order valence-corrected chi connectivity index (χ3v) is 5.35. The molecule has 1 amide bonds. The zero-order valence-electron chi connectivity index (χ0n) is 15.2. The molecule has 0 fully saturated rings. The second kappa shape index (κ2) is 8.06. The van der Waals surface area contributed by atoms with Crippen LogP contribution in [0, 0.1) is 0 Å². The molecule has 1 aromatic carbocycles. The van der Waals surface area contributed by atoms with Gasteiger partial charge in [0, 0.05) is 30.0 Å². The summed E-state index contributed by atoms with van der Waals surface area (Å²) < 4.78 is 7.10. The molecule has 0 aliphatic heterocycles. The fourth-order valence-corrected chi connectivity index (χ4v) is 3.84. The minimum Gasteiger partial charge on any atom is -0.495 e. The van der Waals surface area contributed by atoms with Crippen LogP contribution in [0.5, 0.6) is 5.75 Å². The zero-order valence-corrected chi connectivity index (χ0v) is 16.0. The molecule has 3 aromatic heterocycles. The Hall–Kier alpha value is -3.45. The van der Waals surface area contributed by atoms with Gasteiger partial charge in [-0.05, 0) is 35.4 Å². The van der Waals surface area contributed by atoms with Crippen LogP contribution in [0.25, 0.3) is 16.3 Å². The first-order valence-electron chi connectivity index (χ1n) is 8.71. The van der Waals surface area contributed by atoms with Gasteiger partial charge in [0.15, 0.2) is 5.82 Å². The van der Waals surface area contributed by atoms with Crippen molar-refractivity contribution in [3.63, 3.8) is 0 Å². The standard InChI is InChI=1S/C21H18N4O2S/c1-27-17-13-18(16-6-3-2-4-7-16)28-20(17)21(26)23-14-15-8-10-22-19(12-15)25-11-5-9-24-25/h2-13H,14H2,1H3,(H,23,26). The summed E-state index contributed by atoms with van der Waals surface area (Å²) in [4.78, 5) is 18.6. The van der Waals surface area contributed by atoms with Crippen molar-refractivity contribution < 1.29 is 9.53 Å². The van der Waals surface area contributed by atoms with Crippen molar-refractivity contribution in [2.24, 2.45) is 0 Å². The highest BCUT2D eigenvalue weighted by Crippen LogP contribution is 2.36. The zero-order chi connectivity index (χ0) is 19.3. The second-order valence-corrected chi connectivity index (χ2v) is 7.08. The van der Waals surface area contributed by atoms with Gasteiger partial charge in [-0.15, -0.1) is 11.3 Å². The van der Waals surface area contributed by atoms with Gasteiger partial charge in [-0.25, -0.2) is 9.67 Å². The van der Waals surface area contributed by atoms with Crippen LogP contribution in [0.4, 0.5) is 0 Å². The number of aromatic nitrogens is 3. The van der Waals surface area contributed by atoms with Gasteiger partial charge in [-0.3, -0.25) is 4.79 Å². The minimum absolute atomic E-state index is 0.165. The van der Waals surface area contributed by atoms with E-state index in [-0.39, 0.29) is 5.91 Å². The van der Waals surface area contributed by atoms with Crippen LogP contribution in [-0.4, -0.2) is 27.8 Å². The maximum absolute atomic E-state index is 12.7. The van der Waals surface area contributed by atoms with E-state index in [1.807, 2.05) is 60.8 Å². The lowest BCUT2D eigenvalue weighted by Crippen LogP contribution is -2.22. The number of nitrogens with zero attached hydrogens (tertiary/aromatic N) is 3. The number of hydrogen-bond donors (Lipinski definition) is 1. The Kier molecular flexibility index (Phi) is 5.16. The summed E-state index contributed by atoms with van der Waals surface area (Å²) in [5.74, 6) is 1.12. The van der Waals surface area contributed by atoms with Crippen LogP contribution >= 0.6 is 11.3 Å². The lowest BCUT2D eigenvalue weighted by Gasteiger charge is -2.07.